The highest BCUT2D eigenvalue weighted by Gasteiger charge is 2.19. The summed E-state index contributed by atoms with van der Waals surface area (Å²) >= 11 is 6.08. The maximum absolute atomic E-state index is 13.9. The third-order valence-electron chi connectivity index (χ3n) is 4.23. The molecule has 5 heteroatoms. The summed E-state index contributed by atoms with van der Waals surface area (Å²) in [6.07, 6.45) is 1.34. The molecule has 0 atom stereocenters. The summed E-state index contributed by atoms with van der Waals surface area (Å²) in [5.74, 6) is -0.302. The van der Waals surface area contributed by atoms with E-state index in [1.165, 1.54) is 6.07 Å². The molecule has 3 rings (SSSR count). The van der Waals surface area contributed by atoms with Crippen molar-refractivity contribution in [2.45, 2.75) is 25.5 Å². The second-order valence-electron chi connectivity index (χ2n) is 5.79. The first-order chi connectivity index (χ1) is 11.1. The Bertz CT molecular complexity index is 652. The van der Waals surface area contributed by atoms with Crippen LogP contribution in [0.25, 0.3) is 0 Å². The number of hydrogen-bond donors (Lipinski definition) is 2. The van der Waals surface area contributed by atoms with Crippen molar-refractivity contribution in [3.63, 3.8) is 0 Å². The number of nitrogens with zero attached hydrogens (tertiary/aromatic N) is 1. The Hall–Kier alpha value is -1.78. The second-order valence-corrected chi connectivity index (χ2v) is 6.20. The van der Waals surface area contributed by atoms with Gasteiger partial charge in [0, 0.05) is 30.2 Å². The number of halogens is 2. The average Bonchev–Trinajstić information content (AvgIpc) is 2.56. The largest absolute Gasteiger partial charge is 0.393 e. The number of nitrogens with one attached hydrogen (secondary N) is 1. The molecular formula is C18H20ClFN2O. The number of aliphatic hydroxyl groups excluding tert-OH is 1. The highest BCUT2D eigenvalue weighted by Crippen LogP contribution is 2.29. The second kappa shape index (κ2) is 7.20. The molecule has 2 aromatic carbocycles. The van der Waals surface area contributed by atoms with Crippen LogP contribution in [0, 0.1) is 5.82 Å². The first kappa shape index (κ1) is 16.1. The molecule has 0 aliphatic carbocycles. The average molecular weight is 335 g/mol. The van der Waals surface area contributed by atoms with E-state index in [1.807, 2.05) is 24.3 Å². The number of rotatable bonds is 4. The summed E-state index contributed by atoms with van der Waals surface area (Å²) in [5, 5.41) is 13.4. The Morgan fingerprint density at radius 1 is 1.13 bits per heavy atom. The summed E-state index contributed by atoms with van der Waals surface area (Å²) in [6, 6.07) is 12.7. The van der Waals surface area contributed by atoms with Crippen molar-refractivity contribution >= 4 is 23.0 Å². The summed E-state index contributed by atoms with van der Waals surface area (Å²) in [4.78, 5) is 2.25. The molecule has 0 aromatic heterocycles. The lowest BCUT2D eigenvalue weighted by Gasteiger charge is -2.33. The van der Waals surface area contributed by atoms with E-state index in [0.717, 1.165) is 37.3 Å². The van der Waals surface area contributed by atoms with E-state index in [4.69, 9.17) is 11.6 Å². The van der Waals surface area contributed by atoms with Gasteiger partial charge in [0.1, 0.15) is 5.82 Å². The summed E-state index contributed by atoms with van der Waals surface area (Å²) in [7, 11) is 0. The molecule has 1 aliphatic rings. The molecular weight excluding hydrogens is 315 g/mol. The number of anilines is 2. The van der Waals surface area contributed by atoms with Gasteiger partial charge in [-0.1, -0.05) is 29.8 Å². The van der Waals surface area contributed by atoms with Crippen LogP contribution in [0.4, 0.5) is 15.8 Å². The molecule has 0 radical (unpaired) electrons. The molecule has 2 N–H and O–H groups in total. The van der Waals surface area contributed by atoms with Crippen molar-refractivity contribution in [2.75, 3.05) is 23.3 Å². The number of aliphatic hydroxyl groups is 1. The number of hydrogen-bond acceptors (Lipinski definition) is 3. The molecule has 0 spiro atoms. The van der Waals surface area contributed by atoms with Crippen LogP contribution in [0.5, 0.6) is 0 Å². The van der Waals surface area contributed by atoms with Crippen LogP contribution in [0.15, 0.2) is 42.5 Å². The molecule has 0 bridgehead atoms. The smallest absolute Gasteiger partial charge is 0.129 e. The van der Waals surface area contributed by atoms with Gasteiger partial charge in [0.05, 0.1) is 17.5 Å². The topological polar surface area (TPSA) is 35.5 Å². The third kappa shape index (κ3) is 3.77. The van der Waals surface area contributed by atoms with Gasteiger partial charge in [-0.25, -0.2) is 4.39 Å². The van der Waals surface area contributed by atoms with Gasteiger partial charge in [0.15, 0.2) is 0 Å². The highest BCUT2D eigenvalue weighted by molar-refractivity contribution is 6.31. The lowest BCUT2D eigenvalue weighted by atomic mass is 10.1. The van der Waals surface area contributed by atoms with Gasteiger partial charge in [0.2, 0.25) is 0 Å². The van der Waals surface area contributed by atoms with Gasteiger partial charge < -0.3 is 15.3 Å². The van der Waals surface area contributed by atoms with Gasteiger partial charge >= 0.3 is 0 Å². The first-order valence-corrected chi connectivity index (χ1v) is 8.22. The Morgan fingerprint density at radius 2 is 1.87 bits per heavy atom. The van der Waals surface area contributed by atoms with Gasteiger partial charge in [0.25, 0.3) is 0 Å². The lowest BCUT2D eigenvalue weighted by Crippen LogP contribution is -2.36. The normalized spacial score (nSPS) is 15.7. The number of piperidine rings is 1. The number of benzene rings is 2. The Balaban J connectivity index is 1.76. The van der Waals surface area contributed by atoms with Crippen LogP contribution in [-0.4, -0.2) is 24.3 Å². The van der Waals surface area contributed by atoms with E-state index in [1.54, 1.807) is 12.1 Å². The fourth-order valence-corrected chi connectivity index (χ4v) is 3.12. The molecule has 1 heterocycles. The molecule has 0 saturated carbocycles. The maximum Gasteiger partial charge on any atom is 0.129 e. The fraction of sp³-hybridized carbons (Fsp3) is 0.333. The lowest BCUT2D eigenvalue weighted by molar-refractivity contribution is 0.145. The fourth-order valence-electron chi connectivity index (χ4n) is 2.89. The molecule has 1 saturated heterocycles. The molecule has 122 valence electrons. The van der Waals surface area contributed by atoms with Gasteiger partial charge in [-0.05, 0) is 37.1 Å². The van der Waals surface area contributed by atoms with Gasteiger partial charge in [-0.15, -0.1) is 0 Å². The third-order valence-corrected chi connectivity index (χ3v) is 4.58. The summed E-state index contributed by atoms with van der Waals surface area (Å²) in [6.45, 7) is 1.97. The molecule has 23 heavy (non-hydrogen) atoms. The molecule has 1 aliphatic heterocycles. The van der Waals surface area contributed by atoms with E-state index in [0.29, 0.717) is 17.1 Å². The van der Waals surface area contributed by atoms with Crippen molar-refractivity contribution in [1.29, 1.82) is 0 Å². The maximum atomic E-state index is 13.9. The molecule has 1 fully saturated rings. The van der Waals surface area contributed by atoms with Crippen LogP contribution < -0.4 is 10.2 Å². The van der Waals surface area contributed by atoms with Gasteiger partial charge in [-0.3, -0.25) is 0 Å². The van der Waals surface area contributed by atoms with Gasteiger partial charge in [-0.2, -0.15) is 0 Å². The van der Waals surface area contributed by atoms with Crippen molar-refractivity contribution < 1.29 is 9.50 Å². The quantitative estimate of drug-likeness (QED) is 0.885. The summed E-state index contributed by atoms with van der Waals surface area (Å²) in [5.41, 5.74) is 2.49. The monoisotopic (exact) mass is 334 g/mol. The standard InChI is InChI=1S/C18H20ClFN2O/c19-15-4-3-5-16(20)14(15)12-21-17-6-1-2-7-18(17)22-10-8-13(23)9-11-22/h1-7,13,21,23H,8-12H2. The van der Waals surface area contributed by atoms with E-state index in [2.05, 4.69) is 10.2 Å². The van der Waals surface area contributed by atoms with Crippen LogP contribution in [-0.2, 0) is 6.54 Å². The predicted molar refractivity (Wildman–Crippen MR) is 92.6 cm³/mol. The predicted octanol–water partition coefficient (Wildman–Crippen LogP) is 4.05. The zero-order valence-electron chi connectivity index (χ0n) is 12.8. The Morgan fingerprint density at radius 3 is 2.61 bits per heavy atom. The SMILES string of the molecule is OC1CCN(c2ccccc2NCc2c(F)cccc2Cl)CC1. The van der Waals surface area contributed by atoms with Crippen LogP contribution in [0.3, 0.4) is 0 Å². The Labute approximate surface area is 140 Å². The highest BCUT2D eigenvalue weighted by atomic mass is 35.5. The van der Waals surface area contributed by atoms with Crippen LogP contribution in [0.1, 0.15) is 18.4 Å². The van der Waals surface area contributed by atoms with Crippen molar-refractivity contribution in [1.82, 2.24) is 0 Å². The van der Waals surface area contributed by atoms with E-state index >= 15 is 0 Å². The van der Waals surface area contributed by atoms with Crippen LogP contribution >= 0.6 is 11.6 Å². The zero-order chi connectivity index (χ0) is 16.2. The van der Waals surface area contributed by atoms with Crippen molar-refractivity contribution in [2.24, 2.45) is 0 Å². The van der Waals surface area contributed by atoms with Crippen molar-refractivity contribution in [3.05, 3.63) is 58.9 Å². The molecule has 3 nitrogen and oxygen atoms in total. The minimum Gasteiger partial charge on any atom is -0.393 e. The number of para-hydroxylation sites is 2. The van der Waals surface area contributed by atoms with E-state index in [-0.39, 0.29) is 11.9 Å². The minimum atomic E-state index is -0.302. The van der Waals surface area contributed by atoms with Crippen molar-refractivity contribution in [3.8, 4) is 0 Å². The molecule has 2 aromatic rings. The van der Waals surface area contributed by atoms with E-state index in [9.17, 15) is 9.50 Å². The zero-order valence-corrected chi connectivity index (χ0v) is 13.6. The first-order valence-electron chi connectivity index (χ1n) is 7.84. The molecule has 0 amide bonds. The summed E-state index contributed by atoms with van der Waals surface area (Å²) < 4.78 is 13.9. The van der Waals surface area contributed by atoms with E-state index < -0.39 is 0 Å². The molecule has 0 unspecified atom stereocenters. The minimum absolute atomic E-state index is 0.205. The Kier molecular flexibility index (Phi) is 5.03. The van der Waals surface area contributed by atoms with Crippen LogP contribution in [0.2, 0.25) is 5.02 Å².